The molecule has 6 nitrogen and oxygen atoms in total. The molecule has 1 saturated heterocycles. The number of anilines is 1. The van der Waals surface area contributed by atoms with Crippen LogP contribution in [-0.2, 0) is 19.1 Å². The lowest BCUT2D eigenvalue weighted by Crippen LogP contribution is -2.25. The van der Waals surface area contributed by atoms with Gasteiger partial charge in [0.25, 0.3) is 10.0 Å². The van der Waals surface area contributed by atoms with E-state index in [1.54, 1.807) is 24.3 Å². The first kappa shape index (κ1) is 22.4. The van der Waals surface area contributed by atoms with Crippen LogP contribution < -0.4 is 9.46 Å². The van der Waals surface area contributed by atoms with Crippen molar-refractivity contribution in [3.8, 4) is 5.75 Å². The van der Waals surface area contributed by atoms with Crippen LogP contribution in [0.25, 0.3) is 0 Å². The van der Waals surface area contributed by atoms with Crippen LogP contribution in [0.2, 0.25) is 0 Å². The van der Waals surface area contributed by atoms with Crippen molar-refractivity contribution in [2.45, 2.75) is 0 Å². The zero-order chi connectivity index (χ0) is 18.1. The maximum Gasteiger partial charge on any atom is 0.268 e. The number of hydrogen-bond donors (Lipinski definition) is 1. The van der Waals surface area contributed by atoms with Gasteiger partial charge in [0.15, 0.2) is 0 Å². The number of alkyl halides is 1. The van der Waals surface area contributed by atoms with E-state index in [-0.39, 0.29) is 5.94 Å². The first-order valence-electron chi connectivity index (χ1n) is 6.17. The van der Waals surface area contributed by atoms with Gasteiger partial charge in [-0.25, -0.2) is 16.8 Å². The standard InChI is InChI=1S/C7H7NO3S.C3H6S3.CH2Cl2O2S/c9-12(10)5-11-7-4-2-1-3-6(7)8-12;1-4-2-6-3-5-1;2-1-6(3,4)5/h1-4,8H,5H2;1-3H2;1H2. The lowest BCUT2D eigenvalue weighted by atomic mass is 10.3. The molecule has 3 rings (SSSR count). The molecule has 1 fully saturated rings. The molecule has 2 aliphatic heterocycles. The quantitative estimate of drug-likeness (QED) is 0.490. The van der Waals surface area contributed by atoms with E-state index in [0.29, 0.717) is 11.4 Å². The van der Waals surface area contributed by atoms with Crippen LogP contribution >= 0.6 is 57.6 Å². The van der Waals surface area contributed by atoms with E-state index in [1.807, 2.05) is 35.3 Å². The van der Waals surface area contributed by atoms with Gasteiger partial charge in [-0.3, -0.25) is 4.72 Å². The Bertz CT molecular complexity index is 698. The molecule has 0 aromatic heterocycles. The Hall–Kier alpha value is 0.350. The van der Waals surface area contributed by atoms with Crippen molar-refractivity contribution in [3.63, 3.8) is 0 Å². The lowest BCUT2D eigenvalue weighted by molar-refractivity contribution is 0.374. The summed E-state index contributed by atoms with van der Waals surface area (Å²) in [4.78, 5) is 0. The third-order valence-electron chi connectivity index (χ3n) is 2.15. The van der Waals surface area contributed by atoms with E-state index in [2.05, 4.69) is 15.4 Å². The normalized spacial score (nSPS) is 18.2. The molecule has 1 N–H and O–H groups in total. The highest BCUT2D eigenvalue weighted by molar-refractivity contribution is 8.31. The summed E-state index contributed by atoms with van der Waals surface area (Å²) < 4.78 is 48.6. The van der Waals surface area contributed by atoms with Crippen molar-refractivity contribution in [1.82, 2.24) is 0 Å². The second kappa shape index (κ2) is 11.1. The molecule has 138 valence electrons. The molecule has 2 heterocycles. The third-order valence-corrected chi connectivity index (χ3v) is 8.90. The van der Waals surface area contributed by atoms with Gasteiger partial charge in [-0.1, -0.05) is 12.1 Å². The SMILES string of the molecule is C1SCSCS1.O=S(=O)(Cl)CCl.O=S1(=O)COc2ccccc2N1. The summed E-state index contributed by atoms with van der Waals surface area (Å²) in [5, 5.41) is 3.42. The maximum absolute atomic E-state index is 11.0. The molecule has 2 aliphatic rings. The predicted molar refractivity (Wildman–Crippen MR) is 107 cm³/mol. The summed E-state index contributed by atoms with van der Waals surface area (Å²) in [6.07, 6.45) is 0. The molecule has 0 amide bonds. The molecule has 24 heavy (non-hydrogen) atoms. The van der Waals surface area contributed by atoms with Gasteiger partial charge in [0.1, 0.15) is 11.0 Å². The van der Waals surface area contributed by atoms with E-state index in [9.17, 15) is 16.8 Å². The zero-order valence-corrected chi connectivity index (χ0v) is 17.8. The summed E-state index contributed by atoms with van der Waals surface area (Å²) >= 11 is 10.8. The number of ether oxygens (including phenoxy) is 1. The first-order valence-corrected chi connectivity index (χ1v) is 14.3. The van der Waals surface area contributed by atoms with Gasteiger partial charge in [0, 0.05) is 25.9 Å². The number of thioether (sulfide) groups is 3. The molecule has 1 aromatic rings. The summed E-state index contributed by atoms with van der Waals surface area (Å²) in [5.74, 6) is 0.275. The molecule has 1 aromatic carbocycles. The minimum Gasteiger partial charge on any atom is -0.474 e. The number of halogens is 2. The highest BCUT2D eigenvalue weighted by atomic mass is 35.7. The van der Waals surface area contributed by atoms with Gasteiger partial charge in [-0.05, 0) is 12.1 Å². The van der Waals surface area contributed by atoms with E-state index >= 15 is 0 Å². The topological polar surface area (TPSA) is 89.5 Å². The van der Waals surface area contributed by atoms with Crippen molar-refractivity contribution in [2.24, 2.45) is 0 Å². The smallest absolute Gasteiger partial charge is 0.268 e. The van der Waals surface area contributed by atoms with Gasteiger partial charge in [0.2, 0.25) is 15.0 Å². The Labute approximate surface area is 164 Å². The van der Waals surface area contributed by atoms with Crippen LogP contribution in [0.15, 0.2) is 24.3 Å². The Kier molecular flexibility index (Phi) is 10.4. The van der Waals surface area contributed by atoms with Crippen LogP contribution in [-0.4, -0.2) is 43.2 Å². The van der Waals surface area contributed by atoms with Crippen molar-refractivity contribution in [1.29, 1.82) is 0 Å². The average molecular weight is 472 g/mol. The van der Waals surface area contributed by atoms with Crippen LogP contribution in [0, 0.1) is 0 Å². The number of para-hydroxylation sites is 2. The first-order chi connectivity index (χ1) is 11.2. The number of nitrogens with one attached hydrogen (secondary N) is 1. The molecular weight excluding hydrogens is 457 g/mol. The molecule has 13 heteroatoms. The monoisotopic (exact) mass is 471 g/mol. The van der Waals surface area contributed by atoms with Crippen molar-refractivity contribution in [3.05, 3.63) is 24.3 Å². The van der Waals surface area contributed by atoms with Gasteiger partial charge >= 0.3 is 0 Å². The summed E-state index contributed by atoms with van der Waals surface area (Å²) in [6, 6.07) is 6.91. The average Bonchev–Trinajstić information content (AvgIpc) is 2.56. The van der Waals surface area contributed by atoms with Crippen LogP contribution in [0.5, 0.6) is 5.75 Å². The van der Waals surface area contributed by atoms with Crippen LogP contribution in [0.3, 0.4) is 0 Å². The Morgan fingerprint density at radius 2 is 1.62 bits per heavy atom. The summed E-state index contributed by atoms with van der Waals surface area (Å²) in [7, 11) is -2.13. The maximum atomic E-state index is 11.0. The molecule has 0 bridgehead atoms. The Balaban J connectivity index is 0.000000203. The van der Waals surface area contributed by atoms with Crippen molar-refractivity contribution in [2.75, 3.05) is 31.1 Å². The van der Waals surface area contributed by atoms with Gasteiger partial charge in [-0.2, -0.15) is 0 Å². The fraction of sp³-hybridized carbons (Fsp3) is 0.455. The highest BCUT2D eigenvalue weighted by Crippen LogP contribution is 2.28. The third kappa shape index (κ3) is 10.4. The molecule has 0 spiro atoms. The molecule has 0 unspecified atom stereocenters. The second-order valence-corrected chi connectivity index (χ2v) is 13.2. The fourth-order valence-electron chi connectivity index (χ4n) is 1.29. The number of sulfonamides is 1. The largest absolute Gasteiger partial charge is 0.474 e. The van der Waals surface area contributed by atoms with Crippen molar-refractivity contribution >= 4 is 82.3 Å². The van der Waals surface area contributed by atoms with Gasteiger partial charge < -0.3 is 4.74 Å². The van der Waals surface area contributed by atoms with Crippen LogP contribution in [0.4, 0.5) is 5.69 Å². The fourth-order valence-corrected chi connectivity index (χ4v) is 6.21. The Morgan fingerprint density at radius 1 is 1.12 bits per heavy atom. The van der Waals surface area contributed by atoms with E-state index in [0.717, 1.165) is 0 Å². The van der Waals surface area contributed by atoms with Crippen LogP contribution in [0.1, 0.15) is 0 Å². The summed E-state index contributed by atoms with van der Waals surface area (Å²) in [6.45, 7) is 0. The lowest BCUT2D eigenvalue weighted by Gasteiger charge is -2.18. The number of hydrogen-bond acceptors (Lipinski definition) is 8. The molecular formula is C11H15Cl2NO5S5. The van der Waals surface area contributed by atoms with E-state index < -0.39 is 24.3 Å². The zero-order valence-electron chi connectivity index (χ0n) is 12.2. The molecule has 0 saturated carbocycles. The highest BCUT2D eigenvalue weighted by Gasteiger charge is 2.19. The van der Waals surface area contributed by atoms with Gasteiger partial charge in [0.05, 0.1) is 5.69 Å². The molecule has 0 radical (unpaired) electrons. The van der Waals surface area contributed by atoms with E-state index in [4.69, 9.17) is 16.3 Å². The van der Waals surface area contributed by atoms with Gasteiger partial charge in [-0.15, -0.1) is 46.9 Å². The summed E-state index contributed by atoms with van der Waals surface area (Å²) in [5.41, 5.74) is 0.503. The van der Waals surface area contributed by atoms with E-state index in [1.165, 1.54) is 15.3 Å². The minimum absolute atomic E-state index is 0.302. The minimum atomic E-state index is -3.42. The predicted octanol–water partition coefficient (Wildman–Crippen LogP) is 3.60. The number of rotatable bonds is 1. The van der Waals surface area contributed by atoms with Crippen molar-refractivity contribution < 1.29 is 21.6 Å². The number of benzene rings is 1. The molecule has 0 atom stereocenters. The number of fused-ring (bicyclic) bond motifs is 1. The Morgan fingerprint density at radius 3 is 2.08 bits per heavy atom. The molecule has 0 aliphatic carbocycles. The second-order valence-electron chi connectivity index (χ2n) is 4.09.